The third-order valence-corrected chi connectivity index (χ3v) is 7.62. The van der Waals surface area contributed by atoms with Crippen molar-refractivity contribution in [1.82, 2.24) is 0 Å². The summed E-state index contributed by atoms with van der Waals surface area (Å²) in [6, 6.07) is 10.1. The average molecular weight is 303 g/mol. The minimum atomic E-state index is 0.210. The molecule has 1 aromatic carbocycles. The molecule has 0 aromatic heterocycles. The molecule has 0 radical (unpaired) electrons. The Labute approximate surface area is 136 Å². The molecule has 1 saturated heterocycles. The van der Waals surface area contributed by atoms with Crippen LogP contribution in [0.1, 0.15) is 12.8 Å². The zero-order chi connectivity index (χ0) is 15.3. The van der Waals surface area contributed by atoms with Crippen molar-refractivity contribution in [3.05, 3.63) is 54.8 Å². The van der Waals surface area contributed by atoms with Gasteiger partial charge >= 0.3 is 0 Å². The van der Waals surface area contributed by atoms with E-state index in [0.29, 0.717) is 23.7 Å². The van der Waals surface area contributed by atoms with Crippen LogP contribution < -0.4 is 4.90 Å². The second-order valence-corrected chi connectivity index (χ2v) is 8.22. The van der Waals surface area contributed by atoms with Gasteiger partial charge in [-0.2, -0.15) is 0 Å². The van der Waals surface area contributed by atoms with Crippen molar-refractivity contribution in [1.29, 1.82) is 0 Å². The molecule has 1 heterocycles. The lowest BCUT2D eigenvalue weighted by atomic mass is 9.65. The van der Waals surface area contributed by atoms with Crippen molar-refractivity contribution in [3.63, 3.8) is 0 Å². The highest BCUT2D eigenvalue weighted by atomic mass is 16.2. The summed E-state index contributed by atoms with van der Waals surface area (Å²) in [5.41, 5.74) is 2.08. The van der Waals surface area contributed by atoms with Gasteiger partial charge in [-0.3, -0.25) is 9.69 Å². The predicted octanol–water partition coefficient (Wildman–Crippen LogP) is 3.87. The molecule has 116 valence electrons. The molecule has 6 rings (SSSR count). The Morgan fingerprint density at radius 3 is 2.26 bits per heavy atom. The Kier molecular flexibility index (Phi) is 2.17. The van der Waals surface area contributed by atoms with Crippen molar-refractivity contribution in [2.45, 2.75) is 12.8 Å². The molecule has 2 heteroatoms. The summed E-state index contributed by atoms with van der Waals surface area (Å²) in [6.45, 7) is 4.39. The number of fused-ring (bicyclic) bond motifs is 12. The standard InChI is InChI=1S/C21H21NO/c1-11-17-15-10-16(19-13-8-7-12(9-13)18(15)19)20(17)21(23)22(11)14-5-3-2-4-6-14/h2-8,12-13,15-20H,1,9-10H2. The van der Waals surface area contributed by atoms with Crippen LogP contribution in [0.15, 0.2) is 54.8 Å². The largest absolute Gasteiger partial charge is 0.285 e. The molecule has 5 aliphatic rings. The van der Waals surface area contributed by atoms with E-state index in [0.717, 1.165) is 35.1 Å². The van der Waals surface area contributed by atoms with E-state index < -0.39 is 0 Å². The minimum Gasteiger partial charge on any atom is -0.285 e. The lowest BCUT2D eigenvalue weighted by molar-refractivity contribution is -0.123. The van der Waals surface area contributed by atoms with Gasteiger partial charge in [-0.05, 0) is 60.5 Å². The van der Waals surface area contributed by atoms with Crippen molar-refractivity contribution in [3.8, 4) is 0 Å². The Bertz CT molecular complexity index is 708. The van der Waals surface area contributed by atoms with Gasteiger partial charge in [0, 0.05) is 17.3 Å². The molecule has 8 unspecified atom stereocenters. The van der Waals surface area contributed by atoms with Gasteiger partial charge in [0.2, 0.25) is 5.91 Å². The van der Waals surface area contributed by atoms with Crippen LogP contribution in [0.3, 0.4) is 0 Å². The van der Waals surface area contributed by atoms with Gasteiger partial charge in [0.1, 0.15) is 0 Å². The van der Waals surface area contributed by atoms with E-state index in [1.54, 1.807) is 0 Å². The highest BCUT2D eigenvalue weighted by Gasteiger charge is 2.69. The molecule has 1 amide bonds. The van der Waals surface area contributed by atoms with Crippen LogP contribution in [-0.4, -0.2) is 5.91 Å². The van der Waals surface area contributed by atoms with Gasteiger partial charge in [0.15, 0.2) is 0 Å². The number of carbonyl (C=O) groups is 1. The number of nitrogens with zero attached hydrogens (tertiary/aromatic N) is 1. The average Bonchev–Trinajstić information content (AvgIpc) is 3.33. The molecule has 2 nitrogen and oxygen atoms in total. The lowest BCUT2D eigenvalue weighted by Crippen LogP contribution is -2.37. The Morgan fingerprint density at radius 2 is 1.57 bits per heavy atom. The van der Waals surface area contributed by atoms with Gasteiger partial charge in [0.25, 0.3) is 0 Å². The number of hydrogen-bond acceptors (Lipinski definition) is 1. The SMILES string of the molecule is C=C1C2C3CC(C2C(=O)N1c1ccccc1)C1C2C=CC(C2)C31. The Balaban J connectivity index is 1.43. The first-order valence-corrected chi connectivity index (χ1v) is 9.02. The van der Waals surface area contributed by atoms with Gasteiger partial charge in [-0.1, -0.05) is 36.9 Å². The molecule has 1 aromatic rings. The van der Waals surface area contributed by atoms with Crippen molar-refractivity contribution in [2.24, 2.45) is 47.3 Å². The first kappa shape index (κ1) is 12.6. The topological polar surface area (TPSA) is 20.3 Å². The van der Waals surface area contributed by atoms with E-state index in [4.69, 9.17) is 0 Å². The van der Waals surface area contributed by atoms with Gasteiger partial charge in [0.05, 0.1) is 5.92 Å². The zero-order valence-electron chi connectivity index (χ0n) is 13.1. The molecule has 4 bridgehead atoms. The number of carbonyl (C=O) groups excluding carboxylic acids is 1. The van der Waals surface area contributed by atoms with Crippen LogP contribution in [0.5, 0.6) is 0 Å². The highest BCUT2D eigenvalue weighted by Crippen LogP contribution is 2.71. The number of para-hydroxylation sites is 1. The van der Waals surface area contributed by atoms with Crippen molar-refractivity contribution in [2.75, 3.05) is 4.90 Å². The zero-order valence-corrected chi connectivity index (χ0v) is 13.1. The summed E-state index contributed by atoms with van der Waals surface area (Å²) in [4.78, 5) is 15.2. The molecule has 3 saturated carbocycles. The van der Waals surface area contributed by atoms with Gasteiger partial charge in [-0.15, -0.1) is 0 Å². The van der Waals surface area contributed by atoms with E-state index in [-0.39, 0.29) is 5.92 Å². The smallest absolute Gasteiger partial charge is 0.235 e. The summed E-state index contributed by atoms with van der Waals surface area (Å²) < 4.78 is 0. The second-order valence-electron chi connectivity index (χ2n) is 8.22. The molecular weight excluding hydrogens is 282 g/mol. The molecule has 0 spiro atoms. The van der Waals surface area contributed by atoms with Crippen molar-refractivity contribution < 1.29 is 4.79 Å². The summed E-state index contributed by atoms with van der Waals surface area (Å²) in [5, 5.41) is 0. The summed E-state index contributed by atoms with van der Waals surface area (Å²) in [5.74, 6) is 5.39. The fourth-order valence-electron chi connectivity index (χ4n) is 7.14. The van der Waals surface area contributed by atoms with Gasteiger partial charge < -0.3 is 0 Å². The van der Waals surface area contributed by atoms with Crippen LogP contribution in [0.2, 0.25) is 0 Å². The number of anilines is 1. The fraction of sp³-hybridized carbons (Fsp3) is 0.476. The van der Waals surface area contributed by atoms with Crippen LogP contribution in [-0.2, 0) is 4.79 Å². The van der Waals surface area contributed by atoms with E-state index in [1.807, 2.05) is 35.2 Å². The third kappa shape index (κ3) is 1.31. The second kappa shape index (κ2) is 3.98. The van der Waals surface area contributed by atoms with E-state index >= 15 is 0 Å². The highest BCUT2D eigenvalue weighted by molar-refractivity contribution is 6.02. The van der Waals surface area contributed by atoms with Crippen molar-refractivity contribution >= 4 is 11.6 Å². The number of allylic oxidation sites excluding steroid dienone is 3. The first-order chi connectivity index (χ1) is 11.3. The summed E-state index contributed by atoms with van der Waals surface area (Å²) >= 11 is 0. The normalized spacial score (nSPS) is 48.4. The third-order valence-electron chi connectivity index (χ3n) is 7.62. The van der Waals surface area contributed by atoms with Crippen LogP contribution in [0.25, 0.3) is 0 Å². The van der Waals surface area contributed by atoms with Crippen LogP contribution in [0.4, 0.5) is 5.69 Å². The maximum absolute atomic E-state index is 13.2. The summed E-state index contributed by atoms with van der Waals surface area (Å²) in [6.07, 6.45) is 7.54. The molecule has 8 atom stereocenters. The molecule has 4 fully saturated rings. The number of amides is 1. The summed E-state index contributed by atoms with van der Waals surface area (Å²) in [7, 11) is 0. The molecule has 23 heavy (non-hydrogen) atoms. The maximum atomic E-state index is 13.2. The fourth-order valence-corrected chi connectivity index (χ4v) is 7.14. The maximum Gasteiger partial charge on any atom is 0.235 e. The Morgan fingerprint density at radius 1 is 0.913 bits per heavy atom. The molecule has 1 aliphatic heterocycles. The number of hydrogen-bond donors (Lipinski definition) is 0. The van der Waals surface area contributed by atoms with E-state index in [2.05, 4.69) is 18.7 Å². The first-order valence-electron chi connectivity index (χ1n) is 9.02. The monoisotopic (exact) mass is 303 g/mol. The minimum absolute atomic E-state index is 0.210. The molecule has 0 N–H and O–H groups in total. The van der Waals surface area contributed by atoms with Crippen LogP contribution in [0, 0.1) is 47.3 Å². The molecular formula is C21H21NO. The Hall–Kier alpha value is -1.83. The number of benzene rings is 1. The van der Waals surface area contributed by atoms with Gasteiger partial charge in [-0.25, -0.2) is 0 Å². The quantitative estimate of drug-likeness (QED) is 0.570. The van der Waals surface area contributed by atoms with E-state index in [1.165, 1.54) is 12.8 Å². The predicted molar refractivity (Wildman–Crippen MR) is 89.4 cm³/mol. The van der Waals surface area contributed by atoms with Crippen LogP contribution >= 0.6 is 0 Å². The number of rotatable bonds is 1. The van der Waals surface area contributed by atoms with E-state index in [9.17, 15) is 4.79 Å². The molecule has 4 aliphatic carbocycles. The lowest BCUT2D eigenvalue weighted by Gasteiger charge is -2.37.